The minimum Gasteiger partial charge on any atom is -0.481 e. The van der Waals surface area contributed by atoms with Crippen LogP contribution in [0.25, 0.3) is 0 Å². The number of carbonyl (C=O) groups is 2. The van der Waals surface area contributed by atoms with Gasteiger partial charge in [-0.15, -0.1) is 0 Å². The highest BCUT2D eigenvalue weighted by atomic mass is 16.4. The van der Waals surface area contributed by atoms with E-state index < -0.39 is 5.97 Å². The van der Waals surface area contributed by atoms with Crippen LogP contribution in [0, 0.1) is 46.3 Å². The summed E-state index contributed by atoms with van der Waals surface area (Å²) >= 11 is 0. The number of fused-ring (bicyclic) bond motifs is 5. The van der Waals surface area contributed by atoms with E-state index in [1.54, 1.807) is 6.08 Å². The van der Waals surface area contributed by atoms with Crippen molar-refractivity contribution in [1.29, 1.82) is 0 Å². The molecule has 1 amide bonds. The van der Waals surface area contributed by atoms with Crippen LogP contribution < -0.4 is 5.32 Å². The van der Waals surface area contributed by atoms with E-state index in [-0.39, 0.29) is 34.6 Å². The molecule has 4 aliphatic rings. The van der Waals surface area contributed by atoms with Crippen molar-refractivity contribution < 1.29 is 14.7 Å². The molecule has 4 nitrogen and oxygen atoms in total. The number of aliphatic carboxylic acids is 1. The molecule has 3 aliphatic carbocycles. The van der Waals surface area contributed by atoms with Gasteiger partial charge >= 0.3 is 5.97 Å². The van der Waals surface area contributed by atoms with Crippen molar-refractivity contribution in [2.24, 2.45) is 46.3 Å². The van der Waals surface area contributed by atoms with Crippen molar-refractivity contribution in [2.45, 2.75) is 59.4 Å². The highest BCUT2D eigenvalue weighted by molar-refractivity contribution is 5.89. The molecule has 1 aliphatic heterocycles. The summed E-state index contributed by atoms with van der Waals surface area (Å²) in [5, 5.41) is 13.1. The van der Waals surface area contributed by atoms with Crippen molar-refractivity contribution in [1.82, 2.24) is 5.32 Å². The molecular formula is C21H31NO3. The fourth-order valence-electron chi connectivity index (χ4n) is 7.58. The van der Waals surface area contributed by atoms with Gasteiger partial charge in [0.25, 0.3) is 0 Å². The average molecular weight is 345 g/mol. The Labute approximate surface area is 150 Å². The quantitative estimate of drug-likeness (QED) is 0.765. The fraction of sp³-hybridized carbons (Fsp3) is 0.810. The van der Waals surface area contributed by atoms with Crippen molar-refractivity contribution in [2.75, 3.05) is 0 Å². The minimum atomic E-state index is -0.603. The molecular weight excluding hydrogens is 314 g/mol. The molecule has 0 aromatic heterocycles. The van der Waals surface area contributed by atoms with Gasteiger partial charge in [0.15, 0.2) is 0 Å². The topological polar surface area (TPSA) is 66.4 Å². The first kappa shape index (κ1) is 17.1. The van der Waals surface area contributed by atoms with E-state index in [2.05, 4.69) is 39.1 Å². The summed E-state index contributed by atoms with van der Waals surface area (Å²) in [7, 11) is 0. The lowest BCUT2D eigenvalue weighted by Gasteiger charge is -2.60. The number of carboxylic acid groups (broad SMARTS) is 1. The second-order valence-corrected chi connectivity index (χ2v) is 9.84. The Morgan fingerprint density at radius 3 is 2.60 bits per heavy atom. The molecule has 0 spiro atoms. The number of carboxylic acids is 1. The Balaban J connectivity index is 1.73. The van der Waals surface area contributed by atoms with Gasteiger partial charge in [-0.25, -0.2) is 0 Å². The molecule has 0 bridgehead atoms. The lowest BCUT2D eigenvalue weighted by atomic mass is 9.45. The van der Waals surface area contributed by atoms with Gasteiger partial charge in [0.1, 0.15) is 0 Å². The predicted octanol–water partition coefficient (Wildman–Crippen LogP) is 3.48. The number of carbonyl (C=O) groups excluding carboxylic acids is 1. The van der Waals surface area contributed by atoms with Crippen LogP contribution >= 0.6 is 0 Å². The first-order valence-electron chi connectivity index (χ1n) is 9.91. The monoisotopic (exact) mass is 345 g/mol. The largest absolute Gasteiger partial charge is 0.481 e. The molecule has 4 rings (SSSR count). The zero-order valence-electron chi connectivity index (χ0n) is 15.8. The van der Waals surface area contributed by atoms with Crippen LogP contribution in [0.2, 0.25) is 0 Å². The van der Waals surface area contributed by atoms with Crippen LogP contribution in [0.15, 0.2) is 12.2 Å². The maximum Gasteiger partial charge on any atom is 0.307 e. The van der Waals surface area contributed by atoms with Gasteiger partial charge in [0, 0.05) is 11.5 Å². The Hall–Kier alpha value is -1.32. The summed E-state index contributed by atoms with van der Waals surface area (Å²) in [6.45, 7) is 9.02. The first-order chi connectivity index (χ1) is 11.7. The highest BCUT2D eigenvalue weighted by Gasteiger charge is 2.64. The van der Waals surface area contributed by atoms with Gasteiger partial charge in [-0.05, 0) is 66.8 Å². The molecule has 138 valence electrons. The smallest absolute Gasteiger partial charge is 0.307 e. The molecule has 9 atom stereocenters. The summed E-state index contributed by atoms with van der Waals surface area (Å²) < 4.78 is 0. The summed E-state index contributed by atoms with van der Waals surface area (Å²) in [6.07, 6.45) is 8.00. The third kappa shape index (κ3) is 2.18. The highest BCUT2D eigenvalue weighted by Crippen LogP contribution is 2.67. The maximum atomic E-state index is 12.0. The average Bonchev–Trinajstić information content (AvgIpc) is 2.79. The van der Waals surface area contributed by atoms with Crippen LogP contribution in [-0.2, 0) is 9.59 Å². The lowest BCUT2D eigenvalue weighted by Crippen LogP contribution is -2.61. The molecule has 3 fully saturated rings. The molecule has 4 heteroatoms. The van der Waals surface area contributed by atoms with E-state index in [0.29, 0.717) is 23.7 Å². The molecule has 0 aromatic carbocycles. The first-order valence-corrected chi connectivity index (χ1v) is 9.91. The zero-order chi connectivity index (χ0) is 18.1. The summed E-state index contributed by atoms with van der Waals surface area (Å²) in [5.74, 6) is 1.59. The Morgan fingerprint density at radius 2 is 1.92 bits per heavy atom. The van der Waals surface area contributed by atoms with Crippen molar-refractivity contribution in [3.63, 3.8) is 0 Å². The molecule has 2 N–H and O–H groups in total. The number of hydrogen-bond acceptors (Lipinski definition) is 2. The maximum absolute atomic E-state index is 12.0. The number of nitrogens with one attached hydrogen (secondary N) is 1. The Kier molecular flexibility index (Phi) is 3.66. The fourth-order valence-corrected chi connectivity index (χ4v) is 7.58. The van der Waals surface area contributed by atoms with Gasteiger partial charge in [-0.1, -0.05) is 33.8 Å². The summed E-state index contributed by atoms with van der Waals surface area (Å²) in [6, 6.07) is 0.222. The Bertz CT molecular complexity index is 643. The molecule has 9 unspecified atom stereocenters. The molecule has 0 saturated heterocycles. The Morgan fingerprint density at radius 1 is 1.20 bits per heavy atom. The normalized spacial score (nSPS) is 54.2. The van der Waals surface area contributed by atoms with E-state index in [9.17, 15) is 14.7 Å². The third-order valence-corrected chi connectivity index (χ3v) is 8.67. The van der Waals surface area contributed by atoms with Gasteiger partial charge in [-0.3, -0.25) is 9.59 Å². The van der Waals surface area contributed by atoms with Crippen molar-refractivity contribution in [3.8, 4) is 0 Å². The predicted molar refractivity (Wildman–Crippen MR) is 95.7 cm³/mol. The third-order valence-electron chi connectivity index (χ3n) is 8.67. The summed E-state index contributed by atoms with van der Waals surface area (Å²) in [4.78, 5) is 23.8. The van der Waals surface area contributed by atoms with Crippen LogP contribution in [0.1, 0.15) is 53.4 Å². The van der Waals surface area contributed by atoms with E-state index in [1.165, 1.54) is 0 Å². The van der Waals surface area contributed by atoms with Crippen LogP contribution in [0.5, 0.6) is 0 Å². The minimum absolute atomic E-state index is 0.0109. The lowest BCUT2D eigenvalue weighted by molar-refractivity contribution is -0.153. The van der Waals surface area contributed by atoms with E-state index >= 15 is 0 Å². The number of hydrogen-bond donors (Lipinski definition) is 2. The van der Waals surface area contributed by atoms with E-state index in [4.69, 9.17) is 0 Å². The van der Waals surface area contributed by atoms with E-state index in [0.717, 1.165) is 25.7 Å². The van der Waals surface area contributed by atoms with Crippen LogP contribution in [0.3, 0.4) is 0 Å². The molecule has 3 saturated carbocycles. The molecule has 0 aromatic rings. The molecule has 1 heterocycles. The van der Waals surface area contributed by atoms with Gasteiger partial charge in [0.2, 0.25) is 5.91 Å². The SMILES string of the molecule is CC1CC2NC(=O)C=CC2(C)C2CCC3(C)C(CC(C)C3C(=O)O)C12. The van der Waals surface area contributed by atoms with Crippen molar-refractivity contribution >= 4 is 11.9 Å². The van der Waals surface area contributed by atoms with Crippen LogP contribution in [0.4, 0.5) is 0 Å². The second-order valence-electron chi connectivity index (χ2n) is 9.84. The van der Waals surface area contributed by atoms with Gasteiger partial charge in [0.05, 0.1) is 5.92 Å². The number of rotatable bonds is 1. The van der Waals surface area contributed by atoms with Crippen molar-refractivity contribution in [3.05, 3.63) is 12.2 Å². The zero-order valence-corrected chi connectivity index (χ0v) is 15.8. The molecule has 25 heavy (non-hydrogen) atoms. The van der Waals surface area contributed by atoms with Crippen LogP contribution in [-0.4, -0.2) is 23.0 Å². The van der Waals surface area contributed by atoms with Gasteiger partial charge in [-0.2, -0.15) is 0 Å². The van der Waals surface area contributed by atoms with Gasteiger partial charge < -0.3 is 10.4 Å². The second kappa shape index (κ2) is 5.34. The molecule has 0 radical (unpaired) electrons. The standard InChI is InChI=1S/C21H31NO3/c1-11-10-15-20(3,8-6-16(23)22-15)13-5-7-21(4)14(17(11)13)9-12(2)18(21)19(24)25/h6,8,11-15,17-18H,5,7,9-10H2,1-4H3,(H,22,23)(H,24,25). The number of amides is 1. The van der Waals surface area contributed by atoms with E-state index in [1.807, 2.05) is 0 Å². The summed E-state index contributed by atoms with van der Waals surface area (Å²) in [5.41, 5.74) is -0.0670.